The van der Waals surface area contributed by atoms with Crippen molar-refractivity contribution in [2.24, 2.45) is 0 Å². The fourth-order valence-corrected chi connectivity index (χ4v) is 2.20. The van der Waals surface area contributed by atoms with Crippen molar-refractivity contribution in [3.8, 4) is 6.07 Å². The second-order valence-corrected chi connectivity index (χ2v) is 5.46. The second kappa shape index (κ2) is 8.75. The number of anilines is 1. The van der Waals surface area contributed by atoms with Crippen molar-refractivity contribution in [2.45, 2.75) is 32.4 Å². The number of amides is 1. The number of carbonyl (C=O) groups is 1. The van der Waals surface area contributed by atoms with Gasteiger partial charge in [0.1, 0.15) is 11.8 Å². The fourth-order valence-electron chi connectivity index (χ4n) is 2.20. The van der Waals surface area contributed by atoms with Crippen molar-refractivity contribution in [2.75, 3.05) is 11.9 Å². The molecule has 126 valence electrons. The molecule has 6 nitrogen and oxygen atoms in total. The zero-order valence-corrected chi connectivity index (χ0v) is 13.6. The van der Waals surface area contributed by atoms with Gasteiger partial charge in [-0.1, -0.05) is 19.1 Å². The van der Waals surface area contributed by atoms with E-state index in [2.05, 4.69) is 10.6 Å². The van der Waals surface area contributed by atoms with Crippen molar-refractivity contribution in [1.82, 2.24) is 5.32 Å². The van der Waals surface area contributed by atoms with Gasteiger partial charge in [0.05, 0.1) is 25.6 Å². The van der Waals surface area contributed by atoms with Crippen LogP contribution in [0.4, 0.5) is 5.69 Å². The van der Waals surface area contributed by atoms with Crippen LogP contribution in [-0.2, 0) is 17.8 Å². The van der Waals surface area contributed by atoms with Crippen molar-refractivity contribution < 1.29 is 14.3 Å². The Morgan fingerprint density at radius 2 is 2.04 bits per heavy atom. The third-order valence-electron chi connectivity index (χ3n) is 3.64. The average molecular weight is 327 g/mol. The summed E-state index contributed by atoms with van der Waals surface area (Å²) in [7, 11) is 0. The van der Waals surface area contributed by atoms with Crippen LogP contribution in [0.25, 0.3) is 0 Å². The van der Waals surface area contributed by atoms with E-state index in [-0.39, 0.29) is 25.0 Å². The van der Waals surface area contributed by atoms with E-state index in [1.807, 2.05) is 37.3 Å². The van der Waals surface area contributed by atoms with Crippen LogP contribution in [0.1, 0.15) is 30.4 Å². The predicted molar refractivity (Wildman–Crippen MR) is 90.2 cm³/mol. The van der Waals surface area contributed by atoms with Crippen LogP contribution >= 0.6 is 0 Å². The monoisotopic (exact) mass is 327 g/mol. The molecular formula is C18H21N3O3. The molecule has 6 heteroatoms. The lowest BCUT2D eigenvalue weighted by atomic mass is 10.1. The number of carbonyl (C=O) groups excluding carboxylic acids is 1. The molecule has 0 bridgehead atoms. The molecule has 1 aromatic heterocycles. The Morgan fingerprint density at radius 3 is 2.62 bits per heavy atom. The van der Waals surface area contributed by atoms with E-state index in [0.717, 1.165) is 11.3 Å². The highest BCUT2D eigenvalue weighted by Gasteiger charge is 2.09. The molecule has 0 aliphatic carbocycles. The Hall–Kier alpha value is -2.78. The van der Waals surface area contributed by atoms with Gasteiger partial charge >= 0.3 is 0 Å². The van der Waals surface area contributed by atoms with E-state index in [9.17, 15) is 4.79 Å². The van der Waals surface area contributed by atoms with E-state index >= 15 is 0 Å². The number of nitriles is 1. The zero-order chi connectivity index (χ0) is 17.4. The molecular weight excluding hydrogens is 306 g/mol. The molecule has 0 fully saturated rings. The Morgan fingerprint density at radius 1 is 1.29 bits per heavy atom. The zero-order valence-electron chi connectivity index (χ0n) is 13.6. The smallest absolute Gasteiger partial charge is 0.224 e. The van der Waals surface area contributed by atoms with Crippen LogP contribution in [0, 0.1) is 11.3 Å². The number of nitrogens with zero attached hydrogens (tertiary/aromatic N) is 1. The molecule has 0 spiro atoms. The van der Waals surface area contributed by atoms with Crippen molar-refractivity contribution in [3.63, 3.8) is 0 Å². The molecule has 1 atom stereocenters. The van der Waals surface area contributed by atoms with Gasteiger partial charge in [-0.25, -0.2) is 0 Å². The minimum Gasteiger partial charge on any atom is -0.449 e. The first kappa shape index (κ1) is 17.6. The van der Waals surface area contributed by atoms with Crippen LogP contribution in [0.3, 0.4) is 0 Å². The molecule has 1 amide bonds. The quantitative estimate of drug-likeness (QED) is 0.690. The summed E-state index contributed by atoms with van der Waals surface area (Å²) >= 11 is 0. The number of aliphatic hydroxyl groups excluding tert-OH is 1. The molecule has 3 N–H and O–H groups in total. The summed E-state index contributed by atoms with van der Waals surface area (Å²) in [4.78, 5) is 11.9. The first-order valence-corrected chi connectivity index (χ1v) is 7.86. The molecule has 2 rings (SSSR count). The number of furan rings is 1. The van der Waals surface area contributed by atoms with Gasteiger partial charge in [0.25, 0.3) is 0 Å². The van der Waals surface area contributed by atoms with Crippen molar-refractivity contribution in [1.29, 1.82) is 5.26 Å². The van der Waals surface area contributed by atoms with Gasteiger partial charge < -0.3 is 20.2 Å². The van der Waals surface area contributed by atoms with Crippen LogP contribution in [0.15, 0.2) is 40.8 Å². The summed E-state index contributed by atoms with van der Waals surface area (Å²) in [5.74, 6) is 0.877. The maximum Gasteiger partial charge on any atom is 0.224 e. The molecule has 0 saturated heterocycles. The fraction of sp³-hybridized carbons (Fsp3) is 0.333. The number of rotatable bonds is 8. The second-order valence-electron chi connectivity index (χ2n) is 5.46. The van der Waals surface area contributed by atoms with Crippen LogP contribution in [-0.4, -0.2) is 23.7 Å². The SMILES string of the molecule is CCC(CO)NC(=O)Cc1ccc(NCc2ccc(C#N)o2)cc1. The van der Waals surface area contributed by atoms with Gasteiger partial charge in [-0.2, -0.15) is 5.26 Å². The molecule has 24 heavy (non-hydrogen) atoms. The van der Waals surface area contributed by atoms with Gasteiger partial charge in [0.2, 0.25) is 11.7 Å². The normalized spacial score (nSPS) is 11.5. The van der Waals surface area contributed by atoms with Gasteiger partial charge in [-0.3, -0.25) is 4.79 Å². The lowest BCUT2D eigenvalue weighted by Gasteiger charge is -2.14. The van der Waals surface area contributed by atoms with Crippen LogP contribution in [0.5, 0.6) is 0 Å². The topological polar surface area (TPSA) is 98.3 Å². The summed E-state index contributed by atoms with van der Waals surface area (Å²) in [5, 5.41) is 23.8. The summed E-state index contributed by atoms with van der Waals surface area (Å²) in [5.41, 5.74) is 1.80. The minimum absolute atomic E-state index is 0.0502. The Balaban J connectivity index is 1.84. The molecule has 2 aromatic rings. The predicted octanol–water partition coefficient (Wildman–Crippen LogP) is 2.19. The Labute approximate surface area is 141 Å². The maximum absolute atomic E-state index is 11.9. The van der Waals surface area contributed by atoms with Crippen LogP contribution < -0.4 is 10.6 Å². The Bertz CT molecular complexity index is 697. The van der Waals surface area contributed by atoms with E-state index in [4.69, 9.17) is 14.8 Å². The van der Waals surface area contributed by atoms with Gasteiger partial charge in [0.15, 0.2) is 0 Å². The molecule has 0 aliphatic heterocycles. The minimum atomic E-state index is -0.190. The number of hydrogen-bond donors (Lipinski definition) is 3. The first-order valence-electron chi connectivity index (χ1n) is 7.86. The number of benzene rings is 1. The van der Waals surface area contributed by atoms with E-state index < -0.39 is 0 Å². The molecule has 0 saturated carbocycles. The Kier molecular flexibility index (Phi) is 6.41. The third kappa shape index (κ3) is 5.14. The van der Waals surface area contributed by atoms with Gasteiger partial charge in [0, 0.05) is 5.69 Å². The molecule has 1 aromatic carbocycles. The largest absolute Gasteiger partial charge is 0.449 e. The van der Waals surface area contributed by atoms with Crippen LogP contribution in [0.2, 0.25) is 0 Å². The van der Waals surface area contributed by atoms with Gasteiger partial charge in [-0.15, -0.1) is 0 Å². The van der Waals surface area contributed by atoms with Gasteiger partial charge in [-0.05, 0) is 36.2 Å². The molecule has 1 unspecified atom stereocenters. The van der Waals surface area contributed by atoms with Crippen molar-refractivity contribution in [3.05, 3.63) is 53.5 Å². The van der Waals surface area contributed by atoms with E-state index in [1.165, 1.54) is 0 Å². The van der Waals surface area contributed by atoms with E-state index in [1.54, 1.807) is 12.1 Å². The third-order valence-corrected chi connectivity index (χ3v) is 3.64. The summed E-state index contributed by atoms with van der Waals surface area (Å²) in [6.45, 7) is 2.35. The standard InChI is InChI=1S/C18H21N3O3/c1-2-14(12-22)21-18(23)9-13-3-5-15(6-4-13)20-11-17-8-7-16(10-19)24-17/h3-8,14,20,22H,2,9,11-12H2,1H3,(H,21,23). The molecule has 0 aliphatic rings. The lowest BCUT2D eigenvalue weighted by molar-refractivity contribution is -0.121. The highest BCUT2D eigenvalue weighted by molar-refractivity contribution is 5.79. The average Bonchev–Trinajstić information content (AvgIpc) is 3.07. The molecule has 1 heterocycles. The number of aliphatic hydroxyl groups is 1. The van der Waals surface area contributed by atoms with Crippen molar-refractivity contribution >= 4 is 11.6 Å². The number of hydrogen-bond acceptors (Lipinski definition) is 5. The lowest BCUT2D eigenvalue weighted by Crippen LogP contribution is -2.37. The highest BCUT2D eigenvalue weighted by Crippen LogP contribution is 2.13. The van der Waals surface area contributed by atoms with E-state index in [0.29, 0.717) is 24.5 Å². The highest BCUT2D eigenvalue weighted by atomic mass is 16.3. The number of nitrogens with one attached hydrogen (secondary N) is 2. The molecule has 0 radical (unpaired) electrons. The maximum atomic E-state index is 11.9. The first-order chi connectivity index (χ1) is 11.6. The summed E-state index contributed by atoms with van der Waals surface area (Å²) in [6, 6.07) is 12.7. The summed E-state index contributed by atoms with van der Waals surface area (Å²) in [6.07, 6.45) is 0.978. The summed E-state index contributed by atoms with van der Waals surface area (Å²) < 4.78 is 5.29.